The van der Waals surface area contributed by atoms with Gasteiger partial charge in [0, 0.05) is 6.54 Å². The van der Waals surface area contributed by atoms with E-state index < -0.39 is 23.6 Å². The fourth-order valence-electron chi connectivity index (χ4n) is 2.61. The zero-order chi connectivity index (χ0) is 15.0. The largest absolute Gasteiger partial charge is 0.479 e. The minimum atomic E-state index is -5.08. The van der Waals surface area contributed by atoms with Crippen LogP contribution in [0.4, 0.5) is 13.2 Å². The van der Waals surface area contributed by atoms with Gasteiger partial charge in [-0.15, -0.1) is 0 Å². The van der Waals surface area contributed by atoms with Crippen LogP contribution in [-0.4, -0.2) is 34.6 Å². The van der Waals surface area contributed by atoms with E-state index in [1.165, 1.54) is 24.3 Å². The van der Waals surface area contributed by atoms with Gasteiger partial charge in [-0.2, -0.15) is 13.2 Å². The Balaban J connectivity index is 2.52. The van der Waals surface area contributed by atoms with Gasteiger partial charge in [-0.3, -0.25) is 4.79 Å². The van der Waals surface area contributed by atoms with Crippen LogP contribution >= 0.6 is 0 Å². The Bertz CT molecular complexity index is 529. The summed E-state index contributed by atoms with van der Waals surface area (Å²) >= 11 is 0. The number of amides is 1. The molecule has 0 aliphatic carbocycles. The Kier molecular flexibility index (Phi) is 3.45. The molecule has 0 radical (unpaired) electrons. The van der Waals surface area contributed by atoms with Crippen LogP contribution in [0.15, 0.2) is 30.3 Å². The summed E-state index contributed by atoms with van der Waals surface area (Å²) in [6.45, 7) is -0.223. The summed E-state index contributed by atoms with van der Waals surface area (Å²) < 4.78 is 37.9. The van der Waals surface area contributed by atoms with Gasteiger partial charge in [-0.05, 0) is 18.4 Å². The fourth-order valence-corrected chi connectivity index (χ4v) is 2.61. The third kappa shape index (κ3) is 2.13. The molecule has 1 fully saturated rings. The lowest BCUT2D eigenvalue weighted by atomic mass is 9.87. The number of carbonyl (C=O) groups is 2. The van der Waals surface area contributed by atoms with E-state index in [0.717, 1.165) is 0 Å². The van der Waals surface area contributed by atoms with Crippen LogP contribution in [0.3, 0.4) is 0 Å². The van der Waals surface area contributed by atoms with Crippen molar-refractivity contribution in [2.24, 2.45) is 0 Å². The monoisotopic (exact) mass is 287 g/mol. The van der Waals surface area contributed by atoms with E-state index in [0.29, 0.717) is 4.90 Å². The van der Waals surface area contributed by atoms with Crippen molar-refractivity contribution < 1.29 is 27.9 Å². The van der Waals surface area contributed by atoms with Crippen LogP contribution in [0.1, 0.15) is 18.4 Å². The number of nitrogens with zero attached hydrogens (tertiary/aromatic N) is 1. The molecule has 0 spiro atoms. The highest BCUT2D eigenvalue weighted by Crippen LogP contribution is 2.41. The van der Waals surface area contributed by atoms with E-state index in [2.05, 4.69) is 0 Å². The molecule has 2 rings (SSSR count). The van der Waals surface area contributed by atoms with Gasteiger partial charge in [0.1, 0.15) is 0 Å². The molecule has 7 heteroatoms. The molecule has 1 N–H and O–H groups in total. The summed E-state index contributed by atoms with van der Waals surface area (Å²) in [6, 6.07) is 7.55. The Hall–Kier alpha value is -2.05. The SMILES string of the molecule is O=C(N1CCCC1(C(=O)O)c1ccccc1)C(F)(F)F. The lowest BCUT2D eigenvalue weighted by Crippen LogP contribution is -2.54. The van der Waals surface area contributed by atoms with Crippen LogP contribution in [0.2, 0.25) is 0 Å². The summed E-state index contributed by atoms with van der Waals surface area (Å²) in [4.78, 5) is 23.5. The summed E-state index contributed by atoms with van der Waals surface area (Å²) in [6.07, 6.45) is -4.91. The summed E-state index contributed by atoms with van der Waals surface area (Å²) in [5.74, 6) is -3.56. The summed E-state index contributed by atoms with van der Waals surface area (Å²) in [7, 11) is 0. The summed E-state index contributed by atoms with van der Waals surface area (Å²) in [5.41, 5.74) is -1.75. The molecule has 1 aliphatic rings. The second-order valence-corrected chi connectivity index (χ2v) is 4.59. The predicted octanol–water partition coefficient (Wildman–Crippen LogP) is 2.15. The number of rotatable bonds is 2. The zero-order valence-electron chi connectivity index (χ0n) is 10.4. The van der Waals surface area contributed by atoms with E-state index in [-0.39, 0.29) is 24.9 Å². The number of carboxylic acids is 1. The van der Waals surface area contributed by atoms with Crippen molar-refractivity contribution in [3.63, 3.8) is 0 Å². The van der Waals surface area contributed by atoms with Crippen molar-refractivity contribution in [1.82, 2.24) is 4.90 Å². The third-order valence-corrected chi connectivity index (χ3v) is 3.47. The van der Waals surface area contributed by atoms with Gasteiger partial charge in [0.2, 0.25) is 0 Å². The second kappa shape index (κ2) is 4.81. The first kappa shape index (κ1) is 14.4. The highest BCUT2D eigenvalue weighted by atomic mass is 19.4. The van der Waals surface area contributed by atoms with Gasteiger partial charge >= 0.3 is 18.1 Å². The van der Waals surface area contributed by atoms with Crippen LogP contribution in [0.5, 0.6) is 0 Å². The molecule has 1 atom stereocenters. The lowest BCUT2D eigenvalue weighted by molar-refractivity contribution is -0.193. The van der Waals surface area contributed by atoms with Crippen LogP contribution in [-0.2, 0) is 15.1 Å². The predicted molar refractivity (Wildman–Crippen MR) is 62.8 cm³/mol. The van der Waals surface area contributed by atoms with Gasteiger partial charge in [0.25, 0.3) is 0 Å². The van der Waals surface area contributed by atoms with E-state index in [1.54, 1.807) is 6.07 Å². The number of carbonyl (C=O) groups excluding carboxylic acids is 1. The maximum absolute atomic E-state index is 12.6. The van der Waals surface area contributed by atoms with Crippen LogP contribution < -0.4 is 0 Å². The molecule has 1 aromatic rings. The molecule has 4 nitrogen and oxygen atoms in total. The quantitative estimate of drug-likeness (QED) is 0.906. The van der Waals surface area contributed by atoms with Gasteiger partial charge in [-0.1, -0.05) is 30.3 Å². The average molecular weight is 287 g/mol. The lowest BCUT2D eigenvalue weighted by Gasteiger charge is -2.35. The maximum Gasteiger partial charge on any atom is 0.471 e. The number of aliphatic carboxylic acids is 1. The molecule has 108 valence electrons. The highest BCUT2D eigenvalue weighted by Gasteiger charge is 2.57. The molecule has 1 unspecified atom stereocenters. The first-order valence-corrected chi connectivity index (χ1v) is 5.98. The Morgan fingerprint density at radius 1 is 1.20 bits per heavy atom. The van der Waals surface area contributed by atoms with E-state index in [9.17, 15) is 27.9 Å². The minimum Gasteiger partial charge on any atom is -0.479 e. The van der Waals surface area contributed by atoms with Crippen molar-refractivity contribution in [3.8, 4) is 0 Å². The number of hydrogen-bond acceptors (Lipinski definition) is 2. The molecule has 1 saturated heterocycles. The number of hydrogen-bond donors (Lipinski definition) is 1. The van der Waals surface area contributed by atoms with Crippen molar-refractivity contribution in [1.29, 1.82) is 0 Å². The van der Waals surface area contributed by atoms with E-state index in [4.69, 9.17) is 0 Å². The third-order valence-electron chi connectivity index (χ3n) is 3.47. The van der Waals surface area contributed by atoms with Crippen LogP contribution in [0.25, 0.3) is 0 Å². The molecule has 1 amide bonds. The molecule has 0 aromatic heterocycles. The first-order chi connectivity index (χ1) is 9.30. The molecule has 1 aromatic carbocycles. The average Bonchev–Trinajstić information content (AvgIpc) is 2.83. The number of likely N-dealkylation sites (tertiary alicyclic amines) is 1. The standard InChI is InChI=1S/C13H12F3NO3/c14-13(15,16)10(18)17-8-4-7-12(17,11(19)20)9-5-2-1-3-6-9/h1-3,5-6H,4,7-8H2,(H,19,20). The fraction of sp³-hybridized carbons (Fsp3) is 0.385. The Morgan fingerprint density at radius 3 is 2.30 bits per heavy atom. The molecular formula is C13H12F3NO3. The number of halogens is 3. The molecule has 0 bridgehead atoms. The molecule has 0 saturated carbocycles. The van der Waals surface area contributed by atoms with Crippen molar-refractivity contribution in [2.45, 2.75) is 24.6 Å². The van der Waals surface area contributed by atoms with Crippen molar-refractivity contribution >= 4 is 11.9 Å². The second-order valence-electron chi connectivity index (χ2n) is 4.59. The maximum atomic E-state index is 12.6. The molecule has 20 heavy (non-hydrogen) atoms. The highest BCUT2D eigenvalue weighted by molar-refractivity contribution is 5.91. The molecule has 1 aliphatic heterocycles. The van der Waals surface area contributed by atoms with Crippen molar-refractivity contribution in [2.75, 3.05) is 6.54 Å². The number of carboxylic acid groups (broad SMARTS) is 1. The summed E-state index contributed by atoms with van der Waals surface area (Å²) in [5, 5.41) is 9.44. The minimum absolute atomic E-state index is 0.0336. The Morgan fingerprint density at radius 2 is 1.80 bits per heavy atom. The van der Waals surface area contributed by atoms with Gasteiger partial charge in [0.15, 0.2) is 5.54 Å². The first-order valence-electron chi connectivity index (χ1n) is 5.98. The molecular weight excluding hydrogens is 275 g/mol. The zero-order valence-corrected chi connectivity index (χ0v) is 10.4. The number of benzene rings is 1. The normalized spacial score (nSPS) is 22.9. The van der Waals surface area contributed by atoms with Crippen molar-refractivity contribution in [3.05, 3.63) is 35.9 Å². The number of alkyl halides is 3. The molecule has 1 heterocycles. The topological polar surface area (TPSA) is 57.6 Å². The van der Waals surface area contributed by atoms with Gasteiger partial charge < -0.3 is 10.0 Å². The van der Waals surface area contributed by atoms with Crippen LogP contribution in [0, 0.1) is 0 Å². The smallest absolute Gasteiger partial charge is 0.471 e. The van der Waals surface area contributed by atoms with E-state index >= 15 is 0 Å². The van der Waals surface area contributed by atoms with Gasteiger partial charge in [0.05, 0.1) is 0 Å². The van der Waals surface area contributed by atoms with Gasteiger partial charge in [-0.25, -0.2) is 4.79 Å². The Labute approximate surface area is 112 Å². The van der Waals surface area contributed by atoms with E-state index in [1.807, 2.05) is 0 Å².